The predicted molar refractivity (Wildman–Crippen MR) is 62.0 cm³/mol. The maximum absolute atomic E-state index is 13.8. The fourth-order valence-electron chi connectivity index (χ4n) is 1.78. The molecule has 2 rings (SSSR count). The van der Waals surface area contributed by atoms with E-state index in [-0.39, 0.29) is 24.4 Å². The molecule has 0 aromatic heterocycles. The molecule has 0 atom stereocenters. The van der Waals surface area contributed by atoms with Crippen LogP contribution >= 0.6 is 0 Å². The molecule has 1 heterocycles. The molecule has 3 nitrogen and oxygen atoms in total. The van der Waals surface area contributed by atoms with Crippen LogP contribution in [0.5, 0.6) is 0 Å². The summed E-state index contributed by atoms with van der Waals surface area (Å²) in [6.07, 6.45) is 2.61. The van der Waals surface area contributed by atoms with Crippen molar-refractivity contribution in [2.75, 3.05) is 23.8 Å². The number of allylic oxidation sites excluding steroid dienone is 1. The molecule has 18 heavy (non-hydrogen) atoms. The van der Waals surface area contributed by atoms with Crippen molar-refractivity contribution in [3.8, 4) is 0 Å². The van der Waals surface area contributed by atoms with Crippen molar-refractivity contribution < 1.29 is 18.0 Å². The molecule has 96 valence electrons. The van der Waals surface area contributed by atoms with Crippen LogP contribution < -0.4 is 10.2 Å². The van der Waals surface area contributed by atoms with Crippen LogP contribution in [0.15, 0.2) is 18.3 Å². The molecular formula is C12H11F3N2O. The first kappa shape index (κ1) is 12.5. The van der Waals surface area contributed by atoms with Crippen LogP contribution in [-0.2, 0) is 4.79 Å². The summed E-state index contributed by atoms with van der Waals surface area (Å²) in [4.78, 5) is 12.2. The molecule has 1 aromatic carbocycles. The minimum atomic E-state index is -1.27. The highest BCUT2D eigenvalue weighted by molar-refractivity contribution is 5.91. The third-order valence-corrected chi connectivity index (χ3v) is 2.73. The van der Waals surface area contributed by atoms with Crippen LogP contribution in [0.25, 0.3) is 0 Å². The Hall–Kier alpha value is -1.98. The molecule has 1 N–H and O–H groups in total. The molecule has 0 amide bonds. The van der Waals surface area contributed by atoms with E-state index < -0.39 is 23.1 Å². The van der Waals surface area contributed by atoms with E-state index in [2.05, 4.69) is 5.32 Å². The number of carbonyl (C=O) groups is 1. The van der Waals surface area contributed by atoms with E-state index in [4.69, 9.17) is 0 Å². The first-order chi connectivity index (χ1) is 8.54. The zero-order chi connectivity index (χ0) is 13.3. The topological polar surface area (TPSA) is 32.3 Å². The van der Waals surface area contributed by atoms with Crippen LogP contribution in [0.4, 0.5) is 24.5 Å². The van der Waals surface area contributed by atoms with Gasteiger partial charge in [-0.05, 0) is 6.08 Å². The number of ketones is 1. The molecule has 6 heteroatoms. The van der Waals surface area contributed by atoms with Crippen LogP contribution in [0, 0.1) is 17.5 Å². The lowest BCUT2D eigenvalue weighted by molar-refractivity contribution is -0.114. The Labute approximate surface area is 102 Å². The molecule has 0 aliphatic carbocycles. The van der Waals surface area contributed by atoms with Gasteiger partial charge >= 0.3 is 0 Å². The van der Waals surface area contributed by atoms with Gasteiger partial charge in [0.15, 0.2) is 23.2 Å². The average Bonchev–Trinajstić information content (AvgIpc) is 2.36. The van der Waals surface area contributed by atoms with Gasteiger partial charge in [-0.1, -0.05) is 0 Å². The van der Waals surface area contributed by atoms with Gasteiger partial charge in [-0.25, -0.2) is 13.2 Å². The molecule has 0 fully saturated rings. The van der Waals surface area contributed by atoms with Gasteiger partial charge in [-0.3, -0.25) is 4.79 Å². The normalized spacial score (nSPS) is 15.1. The minimum absolute atomic E-state index is 0.126. The summed E-state index contributed by atoms with van der Waals surface area (Å²) in [5.41, 5.74) is -0.721. The molecule has 1 aliphatic heterocycles. The SMILES string of the molecule is CNc1cc(F)c(N2C=CC(=O)CC2)c(F)c1F. The van der Waals surface area contributed by atoms with E-state index >= 15 is 0 Å². The third-order valence-electron chi connectivity index (χ3n) is 2.73. The second-order valence-electron chi connectivity index (χ2n) is 3.86. The smallest absolute Gasteiger partial charge is 0.187 e. The molecular weight excluding hydrogens is 245 g/mol. The Morgan fingerprint density at radius 3 is 2.56 bits per heavy atom. The number of nitrogens with zero attached hydrogens (tertiary/aromatic N) is 1. The van der Waals surface area contributed by atoms with Gasteiger partial charge in [-0.2, -0.15) is 0 Å². The van der Waals surface area contributed by atoms with Crippen LogP contribution in [-0.4, -0.2) is 19.4 Å². The van der Waals surface area contributed by atoms with Gasteiger partial charge in [0, 0.05) is 32.3 Å². The van der Waals surface area contributed by atoms with Gasteiger partial charge in [0.25, 0.3) is 0 Å². The van der Waals surface area contributed by atoms with Crippen LogP contribution in [0.2, 0.25) is 0 Å². The molecule has 0 spiro atoms. The number of rotatable bonds is 2. The highest BCUT2D eigenvalue weighted by Gasteiger charge is 2.23. The summed E-state index contributed by atoms with van der Waals surface area (Å²) < 4.78 is 41.1. The van der Waals surface area contributed by atoms with Gasteiger partial charge in [0.1, 0.15) is 5.69 Å². The Kier molecular flexibility index (Phi) is 3.27. The lowest BCUT2D eigenvalue weighted by Gasteiger charge is -2.24. The molecule has 0 saturated carbocycles. The number of hydrogen-bond acceptors (Lipinski definition) is 3. The van der Waals surface area contributed by atoms with Crippen LogP contribution in [0.1, 0.15) is 6.42 Å². The number of halogens is 3. The van der Waals surface area contributed by atoms with E-state index in [9.17, 15) is 18.0 Å². The summed E-state index contributed by atoms with van der Waals surface area (Å²) in [5.74, 6) is -3.41. The molecule has 1 aromatic rings. The highest BCUT2D eigenvalue weighted by atomic mass is 19.2. The largest absolute Gasteiger partial charge is 0.386 e. The van der Waals surface area contributed by atoms with E-state index in [1.54, 1.807) is 0 Å². The zero-order valence-corrected chi connectivity index (χ0v) is 9.64. The second-order valence-corrected chi connectivity index (χ2v) is 3.86. The summed E-state index contributed by atoms with van der Waals surface area (Å²) in [6.45, 7) is 0.127. The number of carbonyl (C=O) groups excluding carboxylic acids is 1. The van der Waals surface area contributed by atoms with Gasteiger partial charge in [0.05, 0.1) is 5.69 Å². The summed E-state index contributed by atoms with van der Waals surface area (Å²) in [7, 11) is 1.37. The number of hydrogen-bond donors (Lipinski definition) is 1. The van der Waals surface area contributed by atoms with Gasteiger partial charge < -0.3 is 10.2 Å². The Balaban J connectivity index is 2.48. The average molecular weight is 256 g/mol. The summed E-state index contributed by atoms with van der Waals surface area (Å²) in [5, 5.41) is 2.37. The summed E-state index contributed by atoms with van der Waals surface area (Å²) in [6, 6.07) is 0.887. The molecule has 0 saturated heterocycles. The Morgan fingerprint density at radius 2 is 2.00 bits per heavy atom. The minimum Gasteiger partial charge on any atom is -0.386 e. The number of anilines is 2. The maximum Gasteiger partial charge on any atom is 0.187 e. The first-order valence-electron chi connectivity index (χ1n) is 5.37. The summed E-state index contributed by atoms with van der Waals surface area (Å²) >= 11 is 0. The predicted octanol–water partition coefficient (Wildman–Crippen LogP) is 2.44. The van der Waals surface area contributed by atoms with E-state index in [0.29, 0.717) is 0 Å². The van der Waals surface area contributed by atoms with E-state index in [1.807, 2.05) is 0 Å². The molecule has 0 radical (unpaired) electrons. The molecule has 1 aliphatic rings. The van der Waals surface area contributed by atoms with Crippen LogP contribution in [0.3, 0.4) is 0 Å². The monoisotopic (exact) mass is 256 g/mol. The third kappa shape index (κ3) is 2.05. The Morgan fingerprint density at radius 1 is 1.28 bits per heavy atom. The van der Waals surface area contributed by atoms with Gasteiger partial charge in [-0.15, -0.1) is 0 Å². The lowest BCUT2D eigenvalue weighted by atomic mass is 10.1. The second kappa shape index (κ2) is 4.72. The maximum atomic E-state index is 13.8. The lowest BCUT2D eigenvalue weighted by Crippen LogP contribution is -2.26. The van der Waals surface area contributed by atoms with Crippen molar-refractivity contribution in [1.29, 1.82) is 0 Å². The van der Waals surface area contributed by atoms with Crippen molar-refractivity contribution in [3.63, 3.8) is 0 Å². The van der Waals surface area contributed by atoms with Crippen molar-refractivity contribution in [1.82, 2.24) is 0 Å². The molecule has 0 unspecified atom stereocenters. The van der Waals surface area contributed by atoms with E-state index in [0.717, 1.165) is 6.07 Å². The quantitative estimate of drug-likeness (QED) is 0.825. The first-order valence-corrected chi connectivity index (χ1v) is 5.37. The van der Waals surface area contributed by atoms with Crippen molar-refractivity contribution in [2.45, 2.75) is 6.42 Å². The van der Waals surface area contributed by atoms with Crippen molar-refractivity contribution >= 4 is 17.2 Å². The fourth-order valence-corrected chi connectivity index (χ4v) is 1.78. The Bertz CT molecular complexity index is 529. The number of nitrogens with one attached hydrogen (secondary N) is 1. The zero-order valence-electron chi connectivity index (χ0n) is 9.64. The molecule has 0 bridgehead atoms. The van der Waals surface area contributed by atoms with E-state index in [1.165, 1.54) is 24.2 Å². The fraction of sp³-hybridized carbons (Fsp3) is 0.250. The van der Waals surface area contributed by atoms with Crippen molar-refractivity contribution in [3.05, 3.63) is 35.8 Å². The van der Waals surface area contributed by atoms with Crippen molar-refractivity contribution in [2.24, 2.45) is 0 Å². The highest BCUT2D eigenvalue weighted by Crippen LogP contribution is 2.31. The standard InChI is InChI=1S/C12H11F3N2O/c1-16-9-6-8(13)12(11(15)10(9)14)17-4-2-7(18)3-5-17/h2,4,6,16H,3,5H2,1H3. The van der Waals surface area contributed by atoms with Gasteiger partial charge in [0.2, 0.25) is 0 Å². The number of benzene rings is 1.